The highest BCUT2D eigenvalue weighted by Gasteiger charge is 2.22. The molecule has 1 heterocycles. The number of nitrogens with zero attached hydrogens (tertiary/aromatic N) is 3. The monoisotopic (exact) mass is 509 g/mol. The maximum absolute atomic E-state index is 14.1. The standard InChI is InChI=1S/C18H25F2N5S.HI/c1-11-16(26-12(2)24-11)10-23-18(21-3)22-9-15(25(4)5)17-13(19)7-6-8-14(17)20;/h6-8,15H,9-10H2,1-5H3,(H2,21,22,23);1H. The second-order valence-electron chi connectivity index (χ2n) is 6.16. The van der Waals surface area contributed by atoms with Gasteiger partial charge < -0.3 is 15.5 Å². The fourth-order valence-electron chi connectivity index (χ4n) is 2.69. The van der Waals surface area contributed by atoms with E-state index in [0.717, 1.165) is 15.6 Å². The molecule has 0 aliphatic rings. The number of guanidine groups is 1. The Bertz CT molecular complexity index is 759. The average molecular weight is 509 g/mol. The molecule has 0 spiro atoms. The number of likely N-dealkylation sites (N-methyl/N-ethyl adjacent to an activating group) is 1. The lowest BCUT2D eigenvalue weighted by Crippen LogP contribution is -2.41. The SMILES string of the molecule is CN=C(NCc1sc(C)nc1C)NCC(c1c(F)cccc1F)N(C)C.I. The molecule has 1 aromatic carbocycles. The van der Waals surface area contributed by atoms with Crippen LogP contribution in [-0.4, -0.2) is 43.5 Å². The second kappa shape index (κ2) is 10.9. The van der Waals surface area contributed by atoms with Gasteiger partial charge in [0.25, 0.3) is 0 Å². The summed E-state index contributed by atoms with van der Waals surface area (Å²) in [7, 11) is 5.24. The molecule has 0 saturated heterocycles. The summed E-state index contributed by atoms with van der Waals surface area (Å²) in [6.45, 7) is 4.85. The van der Waals surface area contributed by atoms with E-state index in [1.54, 1.807) is 37.4 Å². The van der Waals surface area contributed by atoms with Gasteiger partial charge in [0.2, 0.25) is 0 Å². The number of halogens is 3. The number of aliphatic imine (C=N–C) groups is 1. The van der Waals surface area contributed by atoms with Crippen molar-refractivity contribution < 1.29 is 8.78 Å². The Hall–Kier alpha value is -1.33. The van der Waals surface area contributed by atoms with Crippen LogP contribution in [0.3, 0.4) is 0 Å². The van der Waals surface area contributed by atoms with Crippen LogP contribution in [0.1, 0.15) is 27.2 Å². The summed E-state index contributed by atoms with van der Waals surface area (Å²) in [5, 5.41) is 7.39. The number of aryl methyl sites for hydroxylation is 2. The van der Waals surface area contributed by atoms with Gasteiger partial charge in [-0.25, -0.2) is 13.8 Å². The lowest BCUT2D eigenvalue weighted by Gasteiger charge is -2.26. The maximum Gasteiger partial charge on any atom is 0.191 e. The summed E-state index contributed by atoms with van der Waals surface area (Å²) < 4.78 is 28.3. The van der Waals surface area contributed by atoms with Gasteiger partial charge in [0, 0.05) is 24.0 Å². The normalized spacial score (nSPS) is 12.7. The summed E-state index contributed by atoms with van der Waals surface area (Å²) in [5.41, 5.74) is 1.05. The first-order chi connectivity index (χ1) is 12.3. The van der Waals surface area contributed by atoms with Crippen molar-refractivity contribution in [3.8, 4) is 0 Å². The van der Waals surface area contributed by atoms with E-state index in [9.17, 15) is 8.78 Å². The molecule has 1 aromatic heterocycles. The summed E-state index contributed by atoms with van der Waals surface area (Å²) >= 11 is 1.63. The van der Waals surface area contributed by atoms with Crippen LogP contribution >= 0.6 is 35.3 Å². The van der Waals surface area contributed by atoms with Crippen molar-refractivity contribution >= 4 is 41.3 Å². The molecule has 2 N–H and O–H groups in total. The lowest BCUT2D eigenvalue weighted by atomic mass is 10.0. The van der Waals surface area contributed by atoms with E-state index in [-0.39, 0.29) is 29.5 Å². The predicted octanol–water partition coefficient (Wildman–Crippen LogP) is 3.62. The molecule has 0 radical (unpaired) electrons. The number of benzene rings is 1. The highest BCUT2D eigenvalue weighted by molar-refractivity contribution is 14.0. The van der Waals surface area contributed by atoms with Crippen molar-refractivity contribution in [3.05, 3.63) is 51.0 Å². The summed E-state index contributed by atoms with van der Waals surface area (Å²) in [6.07, 6.45) is 0. The zero-order valence-electron chi connectivity index (χ0n) is 16.1. The van der Waals surface area contributed by atoms with Gasteiger partial charge in [0.1, 0.15) is 11.6 Å². The first kappa shape index (κ1) is 23.7. The molecule has 0 bridgehead atoms. The van der Waals surface area contributed by atoms with Gasteiger partial charge in [-0.1, -0.05) is 6.07 Å². The number of aromatic nitrogens is 1. The maximum atomic E-state index is 14.1. The van der Waals surface area contributed by atoms with Gasteiger partial charge in [0.15, 0.2) is 5.96 Å². The Balaban J connectivity index is 0.00000364. The van der Waals surface area contributed by atoms with Crippen LogP contribution in [-0.2, 0) is 6.54 Å². The molecule has 2 aromatic rings. The number of rotatable bonds is 6. The highest BCUT2D eigenvalue weighted by Crippen LogP contribution is 2.24. The first-order valence-corrected chi connectivity index (χ1v) is 9.12. The summed E-state index contributed by atoms with van der Waals surface area (Å²) in [5.74, 6) is -0.535. The van der Waals surface area contributed by atoms with E-state index >= 15 is 0 Å². The van der Waals surface area contributed by atoms with Gasteiger partial charge >= 0.3 is 0 Å². The van der Waals surface area contributed by atoms with Crippen LogP contribution < -0.4 is 10.6 Å². The van der Waals surface area contributed by atoms with Crippen molar-refractivity contribution in [1.29, 1.82) is 0 Å². The fraction of sp³-hybridized carbons (Fsp3) is 0.444. The van der Waals surface area contributed by atoms with Crippen molar-refractivity contribution in [3.63, 3.8) is 0 Å². The Morgan fingerprint density at radius 3 is 2.33 bits per heavy atom. The molecule has 2 rings (SSSR count). The largest absolute Gasteiger partial charge is 0.354 e. The third-order valence-corrected chi connectivity index (χ3v) is 5.13. The molecule has 9 heteroatoms. The summed E-state index contributed by atoms with van der Waals surface area (Å²) in [6, 6.07) is 3.45. The van der Waals surface area contributed by atoms with E-state index in [0.29, 0.717) is 19.0 Å². The molecule has 1 unspecified atom stereocenters. The number of thiazole rings is 1. The molecule has 150 valence electrons. The van der Waals surface area contributed by atoms with Crippen LogP contribution in [0.25, 0.3) is 0 Å². The molecule has 0 amide bonds. The number of nitrogens with one attached hydrogen (secondary N) is 2. The Labute approximate surface area is 180 Å². The number of hydrogen-bond donors (Lipinski definition) is 2. The van der Waals surface area contributed by atoms with Gasteiger partial charge in [-0.3, -0.25) is 4.99 Å². The van der Waals surface area contributed by atoms with Crippen molar-refractivity contribution in [2.75, 3.05) is 27.7 Å². The minimum atomic E-state index is -0.552. The van der Waals surface area contributed by atoms with Crippen molar-refractivity contribution in [1.82, 2.24) is 20.5 Å². The molecule has 0 saturated carbocycles. The van der Waals surface area contributed by atoms with Crippen LogP contribution in [0.2, 0.25) is 0 Å². The molecular weight excluding hydrogens is 483 g/mol. The van der Waals surface area contributed by atoms with Crippen LogP contribution in [0.4, 0.5) is 8.78 Å². The Morgan fingerprint density at radius 1 is 1.22 bits per heavy atom. The Kier molecular flexibility index (Phi) is 9.54. The molecule has 0 aliphatic heterocycles. The van der Waals surface area contributed by atoms with Crippen LogP contribution in [0.5, 0.6) is 0 Å². The van der Waals surface area contributed by atoms with Gasteiger partial charge in [-0.05, 0) is 40.1 Å². The zero-order chi connectivity index (χ0) is 19.3. The minimum Gasteiger partial charge on any atom is -0.354 e. The summed E-state index contributed by atoms with van der Waals surface area (Å²) in [4.78, 5) is 11.5. The van der Waals surface area contributed by atoms with E-state index in [2.05, 4.69) is 20.6 Å². The van der Waals surface area contributed by atoms with Crippen LogP contribution in [0, 0.1) is 25.5 Å². The fourth-order valence-corrected chi connectivity index (χ4v) is 3.56. The minimum absolute atomic E-state index is 0. The first-order valence-electron chi connectivity index (χ1n) is 8.31. The predicted molar refractivity (Wildman–Crippen MR) is 118 cm³/mol. The van der Waals surface area contributed by atoms with Gasteiger partial charge in [-0.2, -0.15) is 0 Å². The molecule has 0 aliphatic carbocycles. The quantitative estimate of drug-likeness (QED) is 0.355. The number of hydrogen-bond acceptors (Lipinski definition) is 4. The second-order valence-corrected chi connectivity index (χ2v) is 7.45. The Morgan fingerprint density at radius 2 is 1.85 bits per heavy atom. The third kappa shape index (κ3) is 6.35. The van der Waals surface area contributed by atoms with Gasteiger partial charge in [0.05, 0.1) is 23.3 Å². The topological polar surface area (TPSA) is 52.6 Å². The molecule has 0 fully saturated rings. The average Bonchev–Trinajstić information content (AvgIpc) is 2.90. The van der Waals surface area contributed by atoms with Gasteiger partial charge in [-0.15, -0.1) is 35.3 Å². The molecule has 5 nitrogen and oxygen atoms in total. The van der Waals surface area contributed by atoms with E-state index in [4.69, 9.17) is 0 Å². The highest BCUT2D eigenvalue weighted by atomic mass is 127. The van der Waals surface area contributed by atoms with Crippen LogP contribution in [0.15, 0.2) is 23.2 Å². The van der Waals surface area contributed by atoms with E-state index in [1.165, 1.54) is 18.2 Å². The smallest absolute Gasteiger partial charge is 0.191 e. The van der Waals surface area contributed by atoms with E-state index in [1.807, 2.05) is 13.8 Å². The van der Waals surface area contributed by atoms with E-state index < -0.39 is 17.7 Å². The molecule has 1 atom stereocenters. The molecule has 27 heavy (non-hydrogen) atoms. The zero-order valence-corrected chi connectivity index (χ0v) is 19.3. The van der Waals surface area contributed by atoms with Crippen molar-refractivity contribution in [2.24, 2.45) is 4.99 Å². The van der Waals surface area contributed by atoms with Crippen molar-refractivity contribution in [2.45, 2.75) is 26.4 Å². The molecular formula is C18H26F2IN5S. The lowest BCUT2D eigenvalue weighted by molar-refractivity contribution is 0.282. The third-order valence-electron chi connectivity index (χ3n) is 4.06.